The summed E-state index contributed by atoms with van der Waals surface area (Å²) >= 11 is 0. The van der Waals surface area contributed by atoms with Crippen molar-refractivity contribution in [1.29, 1.82) is 0 Å². The first-order chi connectivity index (χ1) is 6.40. The average Bonchev–Trinajstić information content (AvgIpc) is 2.03. The third-order valence-corrected chi connectivity index (χ3v) is 1.71. The molecule has 5 heteroatoms. The second-order valence-electron chi connectivity index (χ2n) is 3.33. The number of rotatable bonds is 6. The van der Waals surface area contributed by atoms with Gasteiger partial charge in [0.2, 0.25) is 0 Å². The molecule has 5 nitrogen and oxygen atoms in total. The zero-order valence-corrected chi connectivity index (χ0v) is 8.45. The van der Waals surface area contributed by atoms with Crippen molar-refractivity contribution in [3.05, 3.63) is 0 Å². The summed E-state index contributed by atoms with van der Waals surface area (Å²) in [5.74, 6) is -2.12. The van der Waals surface area contributed by atoms with Crippen LogP contribution in [0.25, 0.3) is 0 Å². The Bertz CT molecular complexity index is 209. The number of esters is 1. The van der Waals surface area contributed by atoms with Gasteiger partial charge in [0, 0.05) is 0 Å². The van der Waals surface area contributed by atoms with Gasteiger partial charge in [-0.1, -0.05) is 13.3 Å². The van der Waals surface area contributed by atoms with E-state index < -0.39 is 24.0 Å². The van der Waals surface area contributed by atoms with E-state index in [0.717, 1.165) is 19.8 Å². The fourth-order valence-electron chi connectivity index (χ4n) is 0.738. The molecule has 1 unspecified atom stereocenters. The smallest absolute Gasteiger partial charge is 0.335 e. The average molecular weight is 204 g/mol. The lowest BCUT2D eigenvalue weighted by Crippen LogP contribution is -2.37. The Hall–Kier alpha value is -1.10. The number of hydrogen-bond donors (Lipinski definition) is 2. The monoisotopic (exact) mass is 204 g/mol. The van der Waals surface area contributed by atoms with E-state index in [1.807, 2.05) is 6.92 Å². The van der Waals surface area contributed by atoms with Crippen LogP contribution in [0.2, 0.25) is 0 Å². The molecule has 0 aliphatic heterocycles. The summed E-state index contributed by atoms with van der Waals surface area (Å²) in [5, 5.41) is 17.7. The fraction of sp³-hybridized carbons (Fsp3) is 0.778. The molecule has 0 amide bonds. The van der Waals surface area contributed by atoms with Crippen molar-refractivity contribution < 1.29 is 24.5 Å². The van der Waals surface area contributed by atoms with Crippen LogP contribution in [0.3, 0.4) is 0 Å². The molecule has 0 saturated heterocycles. The van der Waals surface area contributed by atoms with Gasteiger partial charge >= 0.3 is 11.9 Å². The minimum atomic E-state index is -2.04. The van der Waals surface area contributed by atoms with Gasteiger partial charge in [-0.15, -0.1) is 0 Å². The Morgan fingerprint density at radius 2 is 2.00 bits per heavy atom. The van der Waals surface area contributed by atoms with Gasteiger partial charge in [-0.05, 0) is 13.3 Å². The Morgan fingerprint density at radius 3 is 2.43 bits per heavy atom. The number of ether oxygens (including phenoxy) is 1. The van der Waals surface area contributed by atoms with Gasteiger partial charge < -0.3 is 14.9 Å². The molecule has 2 N–H and O–H groups in total. The molecule has 0 aromatic heterocycles. The molecule has 82 valence electrons. The molecule has 0 heterocycles. The third-order valence-electron chi connectivity index (χ3n) is 1.71. The number of unbranched alkanes of at least 4 members (excludes halogenated alkanes) is 1. The van der Waals surface area contributed by atoms with Crippen molar-refractivity contribution in [2.24, 2.45) is 0 Å². The molecule has 1 atom stereocenters. The van der Waals surface area contributed by atoms with Crippen LogP contribution in [0.15, 0.2) is 0 Å². The van der Waals surface area contributed by atoms with E-state index >= 15 is 0 Å². The van der Waals surface area contributed by atoms with Crippen LogP contribution in [0, 0.1) is 0 Å². The molecule has 14 heavy (non-hydrogen) atoms. The lowest BCUT2D eigenvalue weighted by atomic mass is 10.0. The summed E-state index contributed by atoms with van der Waals surface area (Å²) in [4.78, 5) is 21.4. The zero-order valence-electron chi connectivity index (χ0n) is 8.45. The van der Waals surface area contributed by atoms with Gasteiger partial charge in [0.05, 0.1) is 13.0 Å². The van der Waals surface area contributed by atoms with Crippen molar-refractivity contribution in [2.75, 3.05) is 6.61 Å². The van der Waals surface area contributed by atoms with Crippen LogP contribution in [0.5, 0.6) is 0 Å². The van der Waals surface area contributed by atoms with Crippen molar-refractivity contribution in [3.63, 3.8) is 0 Å². The number of hydrogen-bond acceptors (Lipinski definition) is 4. The first-order valence-corrected chi connectivity index (χ1v) is 4.51. The molecule has 0 aromatic carbocycles. The summed E-state index contributed by atoms with van der Waals surface area (Å²) < 4.78 is 4.71. The van der Waals surface area contributed by atoms with Gasteiger partial charge in [0.1, 0.15) is 0 Å². The predicted octanol–water partition coefficient (Wildman–Crippen LogP) is 0.555. The Labute approximate surface area is 82.7 Å². The highest BCUT2D eigenvalue weighted by molar-refractivity contribution is 5.83. The van der Waals surface area contributed by atoms with Crippen LogP contribution >= 0.6 is 0 Å². The van der Waals surface area contributed by atoms with Gasteiger partial charge in [0.25, 0.3) is 0 Å². The van der Waals surface area contributed by atoms with Crippen molar-refractivity contribution in [3.8, 4) is 0 Å². The summed E-state index contributed by atoms with van der Waals surface area (Å²) in [6, 6.07) is 0. The van der Waals surface area contributed by atoms with Crippen LogP contribution in [-0.2, 0) is 14.3 Å². The standard InChI is InChI=1S/C9H16O5/c1-3-4-5-14-7(10)6-9(2,13)8(11)12/h13H,3-6H2,1-2H3,(H,11,12). The van der Waals surface area contributed by atoms with E-state index in [1.165, 1.54) is 0 Å². The number of carboxylic acid groups (broad SMARTS) is 1. The lowest BCUT2D eigenvalue weighted by Gasteiger charge is -2.16. The highest BCUT2D eigenvalue weighted by Gasteiger charge is 2.33. The van der Waals surface area contributed by atoms with Crippen LogP contribution in [-0.4, -0.2) is 34.4 Å². The Balaban J connectivity index is 3.88. The van der Waals surface area contributed by atoms with Crippen LogP contribution < -0.4 is 0 Å². The van der Waals surface area contributed by atoms with E-state index in [0.29, 0.717) is 0 Å². The molecule has 0 radical (unpaired) electrons. The van der Waals surface area contributed by atoms with E-state index in [2.05, 4.69) is 0 Å². The topological polar surface area (TPSA) is 83.8 Å². The number of carboxylic acids is 1. The van der Waals surface area contributed by atoms with E-state index in [9.17, 15) is 14.7 Å². The second-order valence-corrected chi connectivity index (χ2v) is 3.33. The molecular formula is C9H16O5. The summed E-state index contributed by atoms with van der Waals surface area (Å²) in [6.45, 7) is 3.28. The molecule has 0 saturated carbocycles. The maximum atomic E-state index is 11.0. The van der Waals surface area contributed by atoms with Crippen LogP contribution in [0.1, 0.15) is 33.1 Å². The zero-order chi connectivity index (χ0) is 11.2. The summed E-state index contributed by atoms with van der Waals surface area (Å²) in [7, 11) is 0. The summed E-state index contributed by atoms with van der Waals surface area (Å²) in [6.07, 6.45) is 1.11. The number of aliphatic carboxylic acids is 1. The first kappa shape index (κ1) is 12.9. The van der Waals surface area contributed by atoms with Crippen molar-refractivity contribution >= 4 is 11.9 Å². The molecule has 0 fully saturated rings. The second kappa shape index (κ2) is 5.59. The molecular weight excluding hydrogens is 188 g/mol. The van der Waals surface area contributed by atoms with Gasteiger partial charge in [-0.25, -0.2) is 4.79 Å². The Kier molecular flexibility index (Phi) is 5.15. The van der Waals surface area contributed by atoms with E-state index in [-0.39, 0.29) is 6.61 Å². The van der Waals surface area contributed by atoms with Gasteiger partial charge in [-0.2, -0.15) is 0 Å². The van der Waals surface area contributed by atoms with Crippen molar-refractivity contribution in [1.82, 2.24) is 0 Å². The normalized spacial score (nSPS) is 14.5. The van der Waals surface area contributed by atoms with Crippen LogP contribution in [0.4, 0.5) is 0 Å². The largest absolute Gasteiger partial charge is 0.479 e. The molecule has 0 bridgehead atoms. The molecule has 0 aliphatic carbocycles. The maximum absolute atomic E-state index is 11.0. The Morgan fingerprint density at radius 1 is 1.43 bits per heavy atom. The summed E-state index contributed by atoms with van der Waals surface area (Å²) in [5.41, 5.74) is -2.04. The fourth-order valence-corrected chi connectivity index (χ4v) is 0.738. The SMILES string of the molecule is CCCCOC(=O)CC(C)(O)C(=O)O. The molecule has 0 aromatic rings. The number of aliphatic hydroxyl groups is 1. The lowest BCUT2D eigenvalue weighted by molar-refractivity contribution is -0.165. The quantitative estimate of drug-likeness (QED) is 0.487. The highest BCUT2D eigenvalue weighted by Crippen LogP contribution is 2.10. The van der Waals surface area contributed by atoms with Gasteiger partial charge in [-0.3, -0.25) is 4.79 Å². The third kappa shape index (κ3) is 4.81. The predicted molar refractivity (Wildman–Crippen MR) is 48.7 cm³/mol. The highest BCUT2D eigenvalue weighted by atomic mass is 16.5. The molecule has 0 aliphatic rings. The van der Waals surface area contributed by atoms with E-state index in [1.54, 1.807) is 0 Å². The minimum Gasteiger partial charge on any atom is -0.479 e. The first-order valence-electron chi connectivity index (χ1n) is 4.51. The molecule has 0 rings (SSSR count). The van der Waals surface area contributed by atoms with Gasteiger partial charge in [0.15, 0.2) is 5.60 Å². The van der Waals surface area contributed by atoms with E-state index in [4.69, 9.17) is 9.84 Å². The van der Waals surface area contributed by atoms with Crippen molar-refractivity contribution in [2.45, 2.75) is 38.7 Å². The number of carbonyl (C=O) groups is 2. The molecule has 0 spiro atoms. The maximum Gasteiger partial charge on any atom is 0.335 e. The number of carbonyl (C=O) groups excluding carboxylic acids is 1. The minimum absolute atomic E-state index is 0.269.